The van der Waals surface area contributed by atoms with Crippen molar-refractivity contribution in [1.29, 1.82) is 0 Å². The molecule has 3 aromatic rings. The molecule has 1 atom stereocenters. The Morgan fingerprint density at radius 3 is 2.45 bits per heavy atom. The van der Waals surface area contributed by atoms with Crippen molar-refractivity contribution in [3.8, 4) is 16.9 Å². The molecule has 0 saturated carbocycles. The average molecular weight is 555 g/mol. The second kappa shape index (κ2) is 10.8. The van der Waals surface area contributed by atoms with E-state index >= 15 is 0 Å². The van der Waals surface area contributed by atoms with Crippen LogP contribution in [0.15, 0.2) is 76.5 Å². The van der Waals surface area contributed by atoms with Crippen molar-refractivity contribution in [3.05, 3.63) is 72.3 Å². The van der Waals surface area contributed by atoms with Gasteiger partial charge in [-0.25, -0.2) is 13.6 Å². The molecule has 11 heteroatoms. The molecule has 0 saturated heterocycles. The first kappa shape index (κ1) is 27.6. The summed E-state index contributed by atoms with van der Waals surface area (Å²) in [5, 5.41) is 8.20. The van der Waals surface area contributed by atoms with E-state index in [1.807, 2.05) is 24.3 Å². The summed E-state index contributed by atoms with van der Waals surface area (Å²) in [6.45, 7) is 3.40. The number of hydrogen-bond donors (Lipinski definition) is 3. The van der Waals surface area contributed by atoms with Gasteiger partial charge in [-0.15, -0.1) is 11.8 Å². The lowest BCUT2D eigenvalue weighted by atomic mass is 10.0. The molecule has 0 unspecified atom stereocenters. The van der Waals surface area contributed by atoms with Crippen LogP contribution < -0.4 is 25.8 Å². The number of thioether (sulfide) groups is 1. The van der Waals surface area contributed by atoms with Crippen molar-refractivity contribution in [2.45, 2.75) is 41.8 Å². The number of benzene rings is 3. The number of carbonyl (C=O) groups is 2. The first-order chi connectivity index (χ1) is 17.9. The van der Waals surface area contributed by atoms with Crippen molar-refractivity contribution >= 4 is 39.3 Å². The van der Waals surface area contributed by atoms with Crippen LogP contribution in [0.5, 0.6) is 5.75 Å². The number of hydrogen-bond acceptors (Lipinski definition) is 7. The SMILES string of the molecule is COc1ccc2c(c1)SC[C@@H](NC(=O)C(C)(C)N)C(=O)N2Cc1ccc(-c2ccccc2S(N)(=O)=O)cc1. The van der Waals surface area contributed by atoms with Gasteiger partial charge in [0.2, 0.25) is 15.9 Å². The Hall–Kier alpha value is -3.38. The van der Waals surface area contributed by atoms with E-state index in [9.17, 15) is 18.0 Å². The molecule has 0 spiro atoms. The molecule has 0 aromatic heterocycles. The van der Waals surface area contributed by atoms with Crippen molar-refractivity contribution in [2.75, 3.05) is 17.8 Å². The molecule has 1 aliphatic heterocycles. The van der Waals surface area contributed by atoms with Crippen molar-refractivity contribution < 1.29 is 22.7 Å². The van der Waals surface area contributed by atoms with Crippen LogP contribution in [0.25, 0.3) is 11.1 Å². The van der Waals surface area contributed by atoms with Gasteiger partial charge in [0.25, 0.3) is 5.91 Å². The van der Waals surface area contributed by atoms with Crippen LogP contribution in [0, 0.1) is 0 Å². The van der Waals surface area contributed by atoms with Gasteiger partial charge in [-0.1, -0.05) is 42.5 Å². The summed E-state index contributed by atoms with van der Waals surface area (Å²) >= 11 is 1.45. The fraction of sp³-hybridized carbons (Fsp3) is 0.259. The zero-order chi connectivity index (χ0) is 27.7. The summed E-state index contributed by atoms with van der Waals surface area (Å²) in [6.07, 6.45) is 0. The maximum atomic E-state index is 13.7. The number of methoxy groups -OCH3 is 1. The maximum Gasteiger partial charge on any atom is 0.250 e. The van der Waals surface area contributed by atoms with Gasteiger partial charge in [0.15, 0.2) is 0 Å². The lowest BCUT2D eigenvalue weighted by Gasteiger charge is -2.28. The number of fused-ring (bicyclic) bond motifs is 1. The predicted molar refractivity (Wildman–Crippen MR) is 148 cm³/mol. The van der Waals surface area contributed by atoms with Gasteiger partial charge < -0.3 is 20.7 Å². The Balaban J connectivity index is 1.67. The number of sulfonamides is 1. The van der Waals surface area contributed by atoms with E-state index in [2.05, 4.69) is 5.32 Å². The standard InChI is InChI=1S/C27H30N4O5S2/c1-27(2,28)26(33)30-21-16-37-23-14-19(36-3)12-13-22(23)31(25(21)32)15-17-8-10-18(11-9-17)20-6-4-5-7-24(20)38(29,34)35/h4-14,21H,15-16,28H2,1-3H3,(H,30,33)(H2,29,34,35)/t21-/m1/s1. The summed E-state index contributed by atoms with van der Waals surface area (Å²) in [5.41, 5.74) is 7.50. The summed E-state index contributed by atoms with van der Waals surface area (Å²) in [7, 11) is -2.32. The average Bonchev–Trinajstić information content (AvgIpc) is 3.00. The molecule has 0 aliphatic carbocycles. The third-order valence-electron chi connectivity index (χ3n) is 6.12. The molecular formula is C27H30N4O5S2. The zero-order valence-electron chi connectivity index (χ0n) is 21.3. The lowest BCUT2D eigenvalue weighted by molar-refractivity contribution is -0.129. The maximum absolute atomic E-state index is 13.7. The lowest BCUT2D eigenvalue weighted by Crippen LogP contribution is -2.56. The fourth-order valence-corrected chi connectivity index (χ4v) is 5.91. The topological polar surface area (TPSA) is 145 Å². The van der Waals surface area contributed by atoms with E-state index in [4.69, 9.17) is 15.6 Å². The minimum Gasteiger partial charge on any atom is -0.497 e. The molecule has 0 radical (unpaired) electrons. The first-order valence-electron chi connectivity index (χ1n) is 11.8. The third kappa shape index (κ3) is 6.02. The highest BCUT2D eigenvalue weighted by atomic mass is 32.2. The second-order valence-electron chi connectivity index (χ2n) is 9.55. The molecule has 0 bridgehead atoms. The monoisotopic (exact) mass is 554 g/mol. The number of ether oxygens (including phenoxy) is 1. The molecule has 4 rings (SSSR count). The van der Waals surface area contributed by atoms with Gasteiger partial charge in [-0.2, -0.15) is 0 Å². The number of nitrogens with two attached hydrogens (primary N) is 2. The number of amides is 2. The van der Waals surface area contributed by atoms with Crippen molar-refractivity contribution in [2.24, 2.45) is 10.9 Å². The first-order valence-corrected chi connectivity index (χ1v) is 14.3. The molecule has 1 aliphatic rings. The molecule has 3 aromatic carbocycles. The Bertz CT molecular complexity index is 1470. The highest BCUT2D eigenvalue weighted by molar-refractivity contribution is 7.99. The molecule has 9 nitrogen and oxygen atoms in total. The summed E-state index contributed by atoms with van der Waals surface area (Å²) in [6, 6.07) is 18.5. The van der Waals surface area contributed by atoms with Crippen LogP contribution in [0.1, 0.15) is 19.4 Å². The van der Waals surface area contributed by atoms with E-state index in [0.717, 1.165) is 10.5 Å². The Labute approximate surface area is 226 Å². The molecule has 200 valence electrons. The quantitative estimate of drug-likeness (QED) is 0.407. The van der Waals surface area contributed by atoms with Gasteiger partial charge in [-0.3, -0.25) is 9.59 Å². The highest BCUT2D eigenvalue weighted by Gasteiger charge is 2.34. The number of rotatable bonds is 7. The molecular weight excluding hydrogens is 524 g/mol. The number of primary sulfonamides is 1. The number of carbonyl (C=O) groups excluding carboxylic acids is 2. The van der Waals surface area contributed by atoms with Gasteiger partial charge in [0.05, 0.1) is 29.8 Å². The molecule has 1 heterocycles. The number of nitrogens with zero attached hydrogens (tertiary/aromatic N) is 1. The van der Waals surface area contributed by atoms with Crippen LogP contribution in [0.4, 0.5) is 5.69 Å². The van der Waals surface area contributed by atoms with E-state index in [-0.39, 0.29) is 17.3 Å². The van der Waals surface area contributed by atoms with Gasteiger partial charge >= 0.3 is 0 Å². The van der Waals surface area contributed by atoms with E-state index < -0.39 is 27.5 Å². The molecule has 2 amide bonds. The van der Waals surface area contributed by atoms with Crippen LogP contribution in [-0.4, -0.2) is 44.7 Å². The summed E-state index contributed by atoms with van der Waals surface area (Å²) < 4.78 is 29.5. The van der Waals surface area contributed by atoms with Gasteiger partial charge in [0.1, 0.15) is 11.8 Å². The predicted octanol–water partition coefficient (Wildman–Crippen LogP) is 2.87. The summed E-state index contributed by atoms with van der Waals surface area (Å²) in [4.78, 5) is 28.9. The third-order valence-corrected chi connectivity index (χ3v) is 8.22. The molecule has 38 heavy (non-hydrogen) atoms. The van der Waals surface area contributed by atoms with Crippen molar-refractivity contribution in [1.82, 2.24) is 5.32 Å². The Morgan fingerprint density at radius 1 is 1.13 bits per heavy atom. The van der Waals surface area contributed by atoms with Gasteiger partial charge in [0, 0.05) is 16.2 Å². The normalized spacial score (nSPS) is 16.0. The van der Waals surface area contributed by atoms with Crippen LogP contribution >= 0.6 is 11.8 Å². The summed E-state index contributed by atoms with van der Waals surface area (Å²) in [5.74, 6) is 0.313. The zero-order valence-corrected chi connectivity index (χ0v) is 22.9. The fourth-order valence-electron chi connectivity index (χ4n) is 4.05. The van der Waals surface area contributed by atoms with E-state index in [1.54, 1.807) is 62.3 Å². The Kier molecular flexibility index (Phi) is 7.84. The number of nitrogens with one attached hydrogen (secondary N) is 1. The Morgan fingerprint density at radius 2 is 1.82 bits per heavy atom. The highest BCUT2D eigenvalue weighted by Crippen LogP contribution is 2.38. The van der Waals surface area contributed by atoms with Crippen LogP contribution in [0.3, 0.4) is 0 Å². The van der Waals surface area contributed by atoms with Gasteiger partial charge in [-0.05, 0) is 49.2 Å². The second-order valence-corrected chi connectivity index (χ2v) is 12.1. The number of anilines is 1. The van der Waals surface area contributed by atoms with Crippen LogP contribution in [-0.2, 0) is 26.2 Å². The van der Waals surface area contributed by atoms with E-state index in [0.29, 0.717) is 28.3 Å². The largest absolute Gasteiger partial charge is 0.497 e. The molecule has 5 N–H and O–H groups in total. The smallest absolute Gasteiger partial charge is 0.250 e. The van der Waals surface area contributed by atoms with E-state index in [1.165, 1.54) is 17.8 Å². The minimum atomic E-state index is -3.90. The minimum absolute atomic E-state index is 0.0387. The van der Waals surface area contributed by atoms with Crippen LogP contribution in [0.2, 0.25) is 0 Å². The van der Waals surface area contributed by atoms with Crippen molar-refractivity contribution in [3.63, 3.8) is 0 Å². The molecule has 0 fully saturated rings.